The minimum absolute atomic E-state index is 0. The molecule has 1 unspecified atom stereocenters. The molecule has 1 saturated heterocycles. The number of likely N-dealkylation sites (tertiary alicyclic amines) is 1. The van der Waals surface area contributed by atoms with Gasteiger partial charge in [-0.3, -0.25) is 4.79 Å². The Bertz CT molecular complexity index is 649. The number of guanidine groups is 1. The van der Waals surface area contributed by atoms with Crippen molar-refractivity contribution in [2.75, 3.05) is 26.2 Å². The maximum Gasteiger partial charge on any atom is 0.222 e. The number of aliphatic imine (C=N–C) groups is 1. The first-order chi connectivity index (χ1) is 13.2. The first-order valence-electron chi connectivity index (χ1n) is 10.1. The van der Waals surface area contributed by atoms with Crippen molar-refractivity contribution in [3.05, 3.63) is 23.9 Å². The van der Waals surface area contributed by atoms with E-state index in [1.165, 1.54) is 12.8 Å². The van der Waals surface area contributed by atoms with Crippen molar-refractivity contribution in [3.63, 3.8) is 0 Å². The number of ether oxygens (including phenoxy) is 1. The van der Waals surface area contributed by atoms with Gasteiger partial charge in [-0.25, -0.2) is 9.98 Å². The average molecular weight is 501 g/mol. The van der Waals surface area contributed by atoms with Crippen LogP contribution in [0.5, 0.6) is 5.88 Å². The zero-order valence-electron chi connectivity index (χ0n) is 16.8. The highest BCUT2D eigenvalue weighted by Crippen LogP contribution is 2.29. The summed E-state index contributed by atoms with van der Waals surface area (Å²) in [6, 6.07) is 4.17. The van der Waals surface area contributed by atoms with E-state index in [9.17, 15) is 4.79 Å². The monoisotopic (exact) mass is 501 g/mol. The number of aromatic nitrogens is 1. The molecule has 1 aliphatic heterocycles. The summed E-state index contributed by atoms with van der Waals surface area (Å²) in [7, 11) is 0. The summed E-state index contributed by atoms with van der Waals surface area (Å²) in [5, 5.41) is 6.73. The van der Waals surface area contributed by atoms with Gasteiger partial charge in [0.2, 0.25) is 11.8 Å². The predicted octanol–water partition coefficient (Wildman–Crippen LogP) is 2.55. The van der Waals surface area contributed by atoms with Gasteiger partial charge in [0, 0.05) is 44.4 Å². The van der Waals surface area contributed by atoms with Crippen LogP contribution in [0.25, 0.3) is 0 Å². The maximum atomic E-state index is 11.8. The summed E-state index contributed by atoms with van der Waals surface area (Å²) in [5.74, 6) is 2.41. The van der Waals surface area contributed by atoms with Gasteiger partial charge in [0.1, 0.15) is 0 Å². The molecule has 1 aromatic rings. The zero-order chi connectivity index (χ0) is 19.1. The quantitative estimate of drug-likeness (QED) is 0.325. The summed E-state index contributed by atoms with van der Waals surface area (Å²) < 4.78 is 5.67. The second-order valence-corrected chi connectivity index (χ2v) is 7.28. The van der Waals surface area contributed by atoms with Gasteiger partial charge in [-0.05, 0) is 37.7 Å². The number of carbonyl (C=O) groups is 1. The van der Waals surface area contributed by atoms with Gasteiger partial charge in [0.05, 0.1) is 13.2 Å². The first-order valence-corrected chi connectivity index (χ1v) is 10.1. The molecule has 1 amide bonds. The van der Waals surface area contributed by atoms with E-state index in [1.807, 2.05) is 37.1 Å². The molecule has 2 aliphatic rings. The SMILES string of the molecule is CCNC(=NCc1ccc(OCC2CC2)nc1)NC1CCN(C(=O)CC)C1.I. The molecule has 1 saturated carbocycles. The Morgan fingerprint density at radius 2 is 2.14 bits per heavy atom. The lowest BCUT2D eigenvalue weighted by Gasteiger charge is -2.18. The van der Waals surface area contributed by atoms with E-state index >= 15 is 0 Å². The van der Waals surface area contributed by atoms with Gasteiger partial charge in [-0.1, -0.05) is 13.0 Å². The second-order valence-electron chi connectivity index (χ2n) is 7.28. The summed E-state index contributed by atoms with van der Waals surface area (Å²) in [6.45, 7) is 7.63. The Kier molecular flexibility index (Phi) is 9.27. The molecule has 1 aromatic heterocycles. The van der Waals surface area contributed by atoms with Crippen LogP contribution >= 0.6 is 24.0 Å². The third-order valence-electron chi connectivity index (χ3n) is 4.91. The lowest BCUT2D eigenvalue weighted by atomic mass is 10.2. The van der Waals surface area contributed by atoms with Crippen molar-refractivity contribution >= 4 is 35.8 Å². The Balaban J connectivity index is 0.00000280. The van der Waals surface area contributed by atoms with Crippen LogP contribution in [0.4, 0.5) is 0 Å². The van der Waals surface area contributed by atoms with Crippen LogP contribution in [-0.4, -0.2) is 54.0 Å². The fourth-order valence-corrected chi connectivity index (χ4v) is 3.09. The molecule has 1 aliphatic carbocycles. The van der Waals surface area contributed by atoms with E-state index in [0.29, 0.717) is 18.8 Å². The molecule has 2 N–H and O–H groups in total. The number of amides is 1. The third-order valence-corrected chi connectivity index (χ3v) is 4.91. The number of nitrogens with zero attached hydrogens (tertiary/aromatic N) is 3. The fourth-order valence-electron chi connectivity index (χ4n) is 3.09. The van der Waals surface area contributed by atoms with Gasteiger partial charge in [-0.2, -0.15) is 0 Å². The van der Waals surface area contributed by atoms with Crippen molar-refractivity contribution < 1.29 is 9.53 Å². The lowest BCUT2D eigenvalue weighted by molar-refractivity contribution is -0.129. The van der Waals surface area contributed by atoms with E-state index in [0.717, 1.165) is 50.1 Å². The largest absolute Gasteiger partial charge is 0.477 e. The van der Waals surface area contributed by atoms with Gasteiger partial charge in [0.15, 0.2) is 5.96 Å². The zero-order valence-corrected chi connectivity index (χ0v) is 19.1. The number of hydrogen-bond acceptors (Lipinski definition) is 4. The molecule has 8 heteroatoms. The van der Waals surface area contributed by atoms with Crippen LogP contribution in [0.3, 0.4) is 0 Å². The molecule has 2 heterocycles. The van der Waals surface area contributed by atoms with Gasteiger partial charge >= 0.3 is 0 Å². The lowest BCUT2D eigenvalue weighted by Crippen LogP contribution is -2.45. The summed E-state index contributed by atoms with van der Waals surface area (Å²) in [5.41, 5.74) is 1.04. The topological polar surface area (TPSA) is 78.9 Å². The summed E-state index contributed by atoms with van der Waals surface area (Å²) >= 11 is 0. The van der Waals surface area contributed by atoms with E-state index in [1.54, 1.807) is 0 Å². The second kappa shape index (κ2) is 11.4. The number of nitrogens with one attached hydrogen (secondary N) is 2. The van der Waals surface area contributed by atoms with Gasteiger partial charge in [-0.15, -0.1) is 24.0 Å². The molecule has 0 aromatic carbocycles. The number of rotatable bonds is 8. The van der Waals surface area contributed by atoms with E-state index in [-0.39, 0.29) is 35.9 Å². The van der Waals surface area contributed by atoms with Crippen molar-refractivity contribution in [1.29, 1.82) is 0 Å². The molecule has 0 spiro atoms. The summed E-state index contributed by atoms with van der Waals surface area (Å²) in [6.07, 6.45) is 5.89. The van der Waals surface area contributed by atoms with Crippen LogP contribution in [-0.2, 0) is 11.3 Å². The normalized spacial score (nSPS) is 19.1. The molecular formula is C20H32IN5O2. The Morgan fingerprint density at radius 3 is 2.79 bits per heavy atom. The molecule has 2 fully saturated rings. The van der Waals surface area contributed by atoms with Crippen molar-refractivity contribution in [2.45, 2.75) is 52.1 Å². The molecular weight excluding hydrogens is 469 g/mol. The standard InChI is InChI=1S/C20H31N5O2.HI/c1-3-19(26)25-10-9-17(13-25)24-20(21-4-2)23-12-16-7-8-18(22-11-16)27-14-15-5-6-15;/h7-8,11,15,17H,3-6,9-10,12-14H2,1-2H3,(H2,21,23,24);1H. The van der Waals surface area contributed by atoms with Crippen LogP contribution in [0.1, 0.15) is 45.1 Å². The minimum Gasteiger partial charge on any atom is -0.477 e. The van der Waals surface area contributed by atoms with E-state index in [2.05, 4.69) is 20.6 Å². The highest BCUT2D eigenvalue weighted by Gasteiger charge is 2.25. The first kappa shape index (κ1) is 22.7. The Hall–Kier alpha value is -1.58. The van der Waals surface area contributed by atoms with Crippen LogP contribution in [0.15, 0.2) is 23.3 Å². The smallest absolute Gasteiger partial charge is 0.222 e. The number of hydrogen-bond donors (Lipinski definition) is 2. The average Bonchev–Trinajstić information content (AvgIpc) is 3.41. The molecule has 156 valence electrons. The van der Waals surface area contributed by atoms with Gasteiger partial charge < -0.3 is 20.3 Å². The molecule has 0 bridgehead atoms. The van der Waals surface area contributed by atoms with Crippen molar-refractivity contribution in [1.82, 2.24) is 20.5 Å². The van der Waals surface area contributed by atoms with Crippen molar-refractivity contribution in [2.24, 2.45) is 10.9 Å². The maximum absolute atomic E-state index is 11.8. The number of pyridine rings is 1. The summed E-state index contributed by atoms with van der Waals surface area (Å²) in [4.78, 5) is 22.8. The van der Waals surface area contributed by atoms with Crippen LogP contribution in [0, 0.1) is 5.92 Å². The van der Waals surface area contributed by atoms with E-state index < -0.39 is 0 Å². The van der Waals surface area contributed by atoms with Crippen molar-refractivity contribution in [3.8, 4) is 5.88 Å². The third kappa shape index (κ3) is 7.10. The molecule has 0 radical (unpaired) electrons. The molecule has 3 rings (SSSR count). The van der Waals surface area contributed by atoms with E-state index in [4.69, 9.17) is 4.74 Å². The Labute approximate surface area is 184 Å². The molecule has 28 heavy (non-hydrogen) atoms. The van der Waals surface area contributed by atoms with Gasteiger partial charge in [0.25, 0.3) is 0 Å². The predicted molar refractivity (Wildman–Crippen MR) is 121 cm³/mol. The highest BCUT2D eigenvalue weighted by molar-refractivity contribution is 14.0. The van der Waals surface area contributed by atoms with Crippen LogP contribution in [0.2, 0.25) is 0 Å². The van der Waals surface area contributed by atoms with Crippen LogP contribution < -0.4 is 15.4 Å². The number of halogens is 1. The number of carbonyl (C=O) groups excluding carboxylic acids is 1. The fraction of sp³-hybridized carbons (Fsp3) is 0.650. The Morgan fingerprint density at radius 1 is 1.32 bits per heavy atom. The highest BCUT2D eigenvalue weighted by atomic mass is 127. The molecule has 7 nitrogen and oxygen atoms in total. The molecule has 1 atom stereocenters. The minimum atomic E-state index is 0.